The molecule has 2 heterocycles. The summed E-state index contributed by atoms with van der Waals surface area (Å²) < 4.78 is 6.72. The highest BCUT2D eigenvalue weighted by molar-refractivity contribution is 6.17. The second-order valence-corrected chi connectivity index (χ2v) is 16.4. The van der Waals surface area contributed by atoms with E-state index in [1.54, 1.807) is 6.20 Å². The van der Waals surface area contributed by atoms with Gasteiger partial charge in [-0.2, -0.15) is 0 Å². The van der Waals surface area contributed by atoms with Crippen LogP contribution in [0.5, 0.6) is 5.75 Å². The lowest BCUT2D eigenvalue weighted by Crippen LogP contribution is -2.48. The molecule has 3 nitrogen and oxygen atoms in total. The SMILES string of the molecule is NC=C(C1=CC=CCC1)C1=NC(C2=CC=CCC2)C(c2ccc(C3C=CC4=C(C3)C3(c5ccccc5OC5C=CC=CC53)c3ccccc34)cc2)c2ccccc21. The van der Waals surface area contributed by atoms with Gasteiger partial charge in [0.1, 0.15) is 11.9 Å². The Labute approximate surface area is 336 Å². The van der Waals surface area contributed by atoms with E-state index in [0.29, 0.717) is 0 Å². The molecule has 0 saturated heterocycles. The lowest BCUT2D eigenvalue weighted by molar-refractivity contribution is 0.138. The Hall–Kier alpha value is -6.19. The maximum Gasteiger partial charge on any atom is 0.125 e. The molecule has 6 atom stereocenters. The van der Waals surface area contributed by atoms with E-state index in [9.17, 15) is 0 Å². The monoisotopic (exact) mass is 738 g/mol. The number of nitrogens with zero attached hydrogens (tertiary/aromatic N) is 1. The van der Waals surface area contributed by atoms with Crippen LogP contribution in [0.15, 0.2) is 203 Å². The summed E-state index contributed by atoms with van der Waals surface area (Å²) in [5.41, 5.74) is 23.0. The van der Waals surface area contributed by atoms with E-state index in [1.807, 2.05) is 0 Å². The van der Waals surface area contributed by atoms with Gasteiger partial charge in [-0.1, -0.05) is 158 Å². The molecular weight excluding hydrogens is 693 g/mol. The fraction of sp³-hybridized carbons (Fsp3) is 0.204. The van der Waals surface area contributed by atoms with Crippen molar-refractivity contribution in [1.82, 2.24) is 0 Å². The summed E-state index contributed by atoms with van der Waals surface area (Å²) in [6.07, 6.45) is 34.0. The van der Waals surface area contributed by atoms with Gasteiger partial charge < -0.3 is 10.5 Å². The van der Waals surface area contributed by atoms with E-state index >= 15 is 0 Å². The van der Waals surface area contributed by atoms with Crippen LogP contribution in [0.25, 0.3) is 5.57 Å². The first-order valence-corrected chi connectivity index (χ1v) is 20.8. The fourth-order valence-electron chi connectivity index (χ4n) is 11.1. The zero-order valence-electron chi connectivity index (χ0n) is 32.1. The number of hydrogen-bond acceptors (Lipinski definition) is 3. The molecule has 57 heavy (non-hydrogen) atoms. The number of para-hydroxylation sites is 1. The van der Waals surface area contributed by atoms with E-state index in [2.05, 4.69) is 170 Å². The van der Waals surface area contributed by atoms with Crippen molar-refractivity contribution < 1.29 is 4.74 Å². The van der Waals surface area contributed by atoms with Crippen LogP contribution in [0.1, 0.15) is 82.9 Å². The Morgan fingerprint density at radius 2 is 1.46 bits per heavy atom. The minimum Gasteiger partial charge on any atom is -0.485 e. The molecule has 0 aromatic heterocycles. The minimum atomic E-state index is -0.298. The van der Waals surface area contributed by atoms with Crippen molar-refractivity contribution in [3.05, 3.63) is 237 Å². The Balaban J connectivity index is 0.981. The molecular formula is C54H46N2O. The number of fused-ring (bicyclic) bond motifs is 9. The van der Waals surface area contributed by atoms with Gasteiger partial charge >= 0.3 is 0 Å². The Bertz CT molecular complexity index is 2620. The van der Waals surface area contributed by atoms with Crippen LogP contribution in [0.4, 0.5) is 0 Å². The molecule has 4 aromatic rings. The van der Waals surface area contributed by atoms with Crippen molar-refractivity contribution in [2.24, 2.45) is 16.6 Å². The second-order valence-electron chi connectivity index (χ2n) is 16.4. The lowest BCUT2D eigenvalue weighted by Gasteiger charge is -2.49. The summed E-state index contributed by atoms with van der Waals surface area (Å²) in [7, 11) is 0. The maximum atomic E-state index is 6.72. The van der Waals surface area contributed by atoms with Gasteiger partial charge in [0.15, 0.2) is 0 Å². The predicted molar refractivity (Wildman–Crippen MR) is 234 cm³/mol. The van der Waals surface area contributed by atoms with Gasteiger partial charge in [0.05, 0.1) is 17.2 Å². The topological polar surface area (TPSA) is 47.6 Å². The van der Waals surface area contributed by atoms with E-state index in [4.69, 9.17) is 15.5 Å². The van der Waals surface area contributed by atoms with Crippen molar-refractivity contribution in [2.75, 3.05) is 0 Å². The van der Waals surface area contributed by atoms with Gasteiger partial charge in [-0.15, -0.1) is 0 Å². The molecule has 11 rings (SSSR count). The summed E-state index contributed by atoms with van der Waals surface area (Å²) in [4.78, 5) is 5.68. The maximum absolute atomic E-state index is 6.72. The molecule has 0 bridgehead atoms. The molecule has 0 amide bonds. The van der Waals surface area contributed by atoms with Crippen molar-refractivity contribution in [1.29, 1.82) is 0 Å². The fourth-order valence-corrected chi connectivity index (χ4v) is 11.1. The molecule has 2 aliphatic heterocycles. The van der Waals surface area contributed by atoms with Gasteiger partial charge in [0.2, 0.25) is 0 Å². The normalized spacial score (nSPS) is 27.8. The highest BCUT2D eigenvalue weighted by Crippen LogP contribution is 2.63. The number of allylic oxidation sites excluding steroid dienone is 14. The van der Waals surface area contributed by atoms with E-state index < -0.39 is 0 Å². The van der Waals surface area contributed by atoms with Crippen LogP contribution >= 0.6 is 0 Å². The van der Waals surface area contributed by atoms with Gasteiger partial charge in [-0.25, -0.2) is 0 Å². The molecule has 5 aliphatic carbocycles. The summed E-state index contributed by atoms with van der Waals surface area (Å²) >= 11 is 0. The molecule has 6 unspecified atom stereocenters. The van der Waals surface area contributed by atoms with Gasteiger partial charge in [0.25, 0.3) is 0 Å². The van der Waals surface area contributed by atoms with Crippen molar-refractivity contribution in [2.45, 2.75) is 61.5 Å². The predicted octanol–water partition coefficient (Wildman–Crippen LogP) is 11.7. The molecule has 278 valence electrons. The number of hydrogen-bond donors (Lipinski definition) is 1. The van der Waals surface area contributed by atoms with Crippen molar-refractivity contribution >= 4 is 11.3 Å². The molecule has 0 radical (unpaired) electrons. The third kappa shape index (κ3) is 5.28. The first-order valence-electron chi connectivity index (χ1n) is 20.8. The van der Waals surface area contributed by atoms with E-state index in [0.717, 1.165) is 49.1 Å². The van der Waals surface area contributed by atoms with Gasteiger partial charge in [-0.05, 0) is 94.4 Å². The quantitative estimate of drug-likeness (QED) is 0.222. The Morgan fingerprint density at radius 3 is 2.26 bits per heavy atom. The lowest BCUT2D eigenvalue weighted by atomic mass is 9.58. The van der Waals surface area contributed by atoms with E-state index in [-0.39, 0.29) is 35.3 Å². The van der Waals surface area contributed by atoms with Crippen molar-refractivity contribution in [3.63, 3.8) is 0 Å². The highest BCUT2D eigenvalue weighted by atomic mass is 16.5. The Kier molecular flexibility index (Phi) is 8.24. The molecule has 7 aliphatic rings. The summed E-state index contributed by atoms with van der Waals surface area (Å²) in [5, 5.41) is 0. The molecule has 3 heteroatoms. The van der Waals surface area contributed by atoms with Crippen LogP contribution in [0.3, 0.4) is 0 Å². The number of ether oxygens (including phenoxy) is 1. The Morgan fingerprint density at radius 1 is 0.719 bits per heavy atom. The minimum absolute atomic E-state index is 0.0151. The highest BCUT2D eigenvalue weighted by Gasteiger charge is 2.57. The number of benzene rings is 4. The molecule has 4 aromatic carbocycles. The first-order chi connectivity index (χ1) is 28.2. The summed E-state index contributed by atoms with van der Waals surface area (Å²) in [5.74, 6) is 1.51. The standard InChI is InChI=1S/C54H46N2O/c55-34-44(36-15-3-1-4-16-36)53-43-21-8-7-20-42(43)51(52(56-53)38-17-5-2-6-18-38)37-29-27-35(28-30-37)39-31-32-41-40-19-9-10-22-45(40)54(48(41)33-39)46-23-11-13-25-49(46)57-50-26-14-12-24-47(50)54/h1-3,5,7-15,17,19-32,34,39,46,49,51-52H,4,6,16,18,33,55H2. The number of nitrogens with two attached hydrogens (primary N) is 1. The smallest absolute Gasteiger partial charge is 0.125 e. The average molecular weight is 739 g/mol. The van der Waals surface area contributed by atoms with Crippen LogP contribution in [0, 0.1) is 5.92 Å². The van der Waals surface area contributed by atoms with Crippen molar-refractivity contribution in [3.8, 4) is 5.75 Å². The first kappa shape index (κ1) is 34.1. The van der Waals surface area contributed by atoms with Crippen LogP contribution in [0.2, 0.25) is 0 Å². The van der Waals surface area contributed by atoms with E-state index in [1.165, 1.54) is 61.2 Å². The average Bonchev–Trinajstić information content (AvgIpc) is 3.57. The molecule has 0 fully saturated rings. The third-order valence-electron chi connectivity index (χ3n) is 13.6. The third-order valence-corrected chi connectivity index (χ3v) is 13.6. The van der Waals surface area contributed by atoms with Crippen LogP contribution < -0.4 is 10.5 Å². The second kappa shape index (κ2) is 13.8. The van der Waals surface area contributed by atoms with Crippen LogP contribution in [-0.4, -0.2) is 17.9 Å². The number of rotatable bonds is 5. The van der Waals surface area contributed by atoms with Gasteiger partial charge in [-0.3, -0.25) is 4.99 Å². The molecule has 2 N–H and O–H groups in total. The largest absolute Gasteiger partial charge is 0.485 e. The zero-order chi connectivity index (χ0) is 37.9. The van der Waals surface area contributed by atoms with Gasteiger partial charge in [0, 0.05) is 40.7 Å². The number of aliphatic imine (C=N–C) groups is 1. The van der Waals surface area contributed by atoms with Crippen LogP contribution in [-0.2, 0) is 5.41 Å². The summed E-state index contributed by atoms with van der Waals surface area (Å²) in [6, 6.07) is 36.3. The molecule has 1 spiro atoms. The zero-order valence-corrected chi connectivity index (χ0v) is 32.1. The molecule has 0 saturated carbocycles. The summed E-state index contributed by atoms with van der Waals surface area (Å²) in [6.45, 7) is 0.